The predicted molar refractivity (Wildman–Crippen MR) is 89.4 cm³/mol. The van der Waals surface area contributed by atoms with Crippen molar-refractivity contribution in [2.75, 3.05) is 25.4 Å². The van der Waals surface area contributed by atoms with Crippen molar-refractivity contribution in [2.45, 2.75) is 13.3 Å². The zero-order valence-corrected chi connectivity index (χ0v) is 13.7. The van der Waals surface area contributed by atoms with Crippen LogP contribution in [0.5, 0.6) is 0 Å². The number of anilines is 1. The Labute approximate surface area is 130 Å². The fourth-order valence-corrected chi connectivity index (χ4v) is 3.31. The Bertz CT molecular complexity index is 612. The number of nitrogen functional groups attached to an aromatic ring is 1. The van der Waals surface area contributed by atoms with E-state index in [1.807, 2.05) is 18.2 Å². The average molecular weight is 356 g/mol. The summed E-state index contributed by atoms with van der Waals surface area (Å²) in [6, 6.07) is 5.88. The molecule has 1 aromatic heterocycles. The number of hydrogen-bond donors (Lipinski definition) is 3. The van der Waals surface area contributed by atoms with Crippen molar-refractivity contribution in [3.05, 3.63) is 27.5 Å². The van der Waals surface area contributed by atoms with Crippen LogP contribution in [0.15, 0.2) is 22.7 Å². The van der Waals surface area contributed by atoms with Crippen LogP contribution in [0, 0.1) is 0 Å². The number of nitrogens with two attached hydrogens (primary N) is 1. The highest BCUT2D eigenvalue weighted by Gasteiger charge is 2.15. The predicted octanol–water partition coefficient (Wildman–Crippen LogP) is 2.98. The minimum Gasteiger partial charge on any atom is -0.397 e. The highest BCUT2D eigenvalue weighted by molar-refractivity contribution is 9.10. The highest BCUT2D eigenvalue weighted by Crippen LogP contribution is 2.35. The van der Waals surface area contributed by atoms with Crippen molar-refractivity contribution in [3.63, 3.8) is 0 Å². The van der Waals surface area contributed by atoms with Crippen LogP contribution in [0.4, 0.5) is 5.69 Å². The zero-order valence-electron chi connectivity index (χ0n) is 11.3. The van der Waals surface area contributed by atoms with Crippen LogP contribution in [0.25, 0.3) is 10.1 Å². The molecule has 1 aromatic carbocycles. The van der Waals surface area contributed by atoms with Gasteiger partial charge >= 0.3 is 0 Å². The molecule has 1 heterocycles. The third-order valence-electron chi connectivity index (χ3n) is 2.96. The summed E-state index contributed by atoms with van der Waals surface area (Å²) in [5.74, 6) is -0.0867. The van der Waals surface area contributed by atoms with E-state index >= 15 is 0 Å². The molecule has 0 unspecified atom stereocenters. The van der Waals surface area contributed by atoms with Gasteiger partial charge in [-0.1, -0.05) is 22.9 Å². The van der Waals surface area contributed by atoms with E-state index in [-0.39, 0.29) is 5.91 Å². The lowest BCUT2D eigenvalue weighted by Gasteiger charge is -2.04. The summed E-state index contributed by atoms with van der Waals surface area (Å²) in [7, 11) is 0. The molecule has 0 spiro atoms. The maximum absolute atomic E-state index is 12.1. The SMILES string of the molecule is CCNCCCNC(=O)c1sc2ccc(Br)cc2c1N. The van der Waals surface area contributed by atoms with Crippen molar-refractivity contribution >= 4 is 48.9 Å². The summed E-state index contributed by atoms with van der Waals surface area (Å²) in [6.07, 6.45) is 0.913. The number of benzene rings is 1. The molecule has 2 rings (SSSR count). The van der Waals surface area contributed by atoms with Crippen LogP contribution in [0.2, 0.25) is 0 Å². The Morgan fingerprint density at radius 3 is 2.95 bits per heavy atom. The van der Waals surface area contributed by atoms with Gasteiger partial charge in [0.1, 0.15) is 4.88 Å². The normalized spacial score (nSPS) is 10.9. The maximum Gasteiger partial charge on any atom is 0.263 e. The van der Waals surface area contributed by atoms with Gasteiger partial charge < -0.3 is 16.4 Å². The number of fused-ring (bicyclic) bond motifs is 1. The van der Waals surface area contributed by atoms with E-state index in [0.717, 1.165) is 34.1 Å². The van der Waals surface area contributed by atoms with E-state index in [9.17, 15) is 4.79 Å². The van der Waals surface area contributed by atoms with E-state index in [2.05, 4.69) is 33.5 Å². The molecule has 20 heavy (non-hydrogen) atoms. The summed E-state index contributed by atoms with van der Waals surface area (Å²) < 4.78 is 2.00. The van der Waals surface area contributed by atoms with Crippen LogP contribution in [0.3, 0.4) is 0 Å². The number of nitrogens with one attached hydrogen (secondary N) is 2. The third kappa shape index (κ3) is 3.50. The van der Waals surface area contributed by atoms with Crippen LogP contribution in [-0.2, 0) is 0 Å². The fourth-order valence-electron chi connectivity index (χ4n) is 1.93. The highest BCUT2D eigenvalue weighted by atomic mass is 79.9. The number of amides is 1. The summed E-state index contributed by atoms with van der Waals surface area (Å²) in [5, 5.41) is 7.07. The van der Waals surface area contributed by atoms with Gasteiger partial charge in [-0.25, -0.2) is 0 Å². The van der Waals surface area contributed by atoms with Gasteiger partial charge in [-0.15, -0.1) is 11.3 Å². The molecule has 1 amide bonds. The summed E-state index contributed by atoms with van der Waals surface area (Å²) in [4.78, 5) is 12.7. The number of halogens is 1. The fraction of sp³-hybridized carbons (Fsp3) is 0.357. The Hall–Kier alpha value is -1.11. The molecule has 0 aliphatic carbocycles. The standard InChI is InChI=1S/C14H18BrN3OS/c1-2-17-6-3-7-18-14(19)13-12(16)10-8-9(15)4-5-11(10)20-13/h4-5,8,17H,2-3,6-7,16H2,1H3,(H,18,19). The van der Waals surface area contributed by atoms with Gasteiger partial charge in [0.2, 0.25) is 0 Å². The first-order valence-corrected chi connectivity index (χ1v) is 8.21. The number of carbonyl (C=O) groups is 1. The van der Waals surface area contributed by atoms with Gasteiger partial charge in [-0.05, 0) is 37.7 Å². The lowest BCUT2D eigenvalue weighted by Crippen LogP contribution is -2.27. The molecule has 4 nitrogen and oxygen atoms in total. The van der Waals surface area contributed by atoms with Crippen molar-refractivity contribution < 1.29 is 4.79 Å². The largest absolute Gasteiger partial charge is 0.397 e. The minimum atomic E-state index is -0.0867. The Morgan fingerprint density at radius 2 is 2.20 bits per heavy atom. The lowest BCUT2D eigenvalue weighted by atomic mass is 10.2. The number of hydrogen-bond acceptors (Lipinski definition) is 4. The van der Waals surface area contributed by atoms with Crippen molar-refractivity contribution in [1.29, 1.82) is 0 Å². The number of thiophene rings is 1. The minimum absolute atomic E-state index is 0.0867. The van der Waals surface area contributed by atoms with Gasteiger partial charge in [0.05, 0.1) is 5.69 Å². The maximum atomic E-state index is 12.1. The number of carbonyl (C=O) groups excluding carboxylic acids is 1. The molecule has 0 saturated carbocycles. The molecule has 0 fully saturated rings. The molecule has 4 N–H and O–H groups in total. The van der Waals surface area contributed by atoms with Crippen molar-refractivity contribution in [2.24, 2.45) is 0 Å². The van der Waals surface area contributed by atoms with Crippen LogP contribution in [0.1, 0.15) is 23.0 Å². The van der Waals surface area contributed by atoms with Crippen LogP contribution >= 0.6 is 27.3 Å². The van der Waals surface area contributed by atoms with Gasteiger partial charge in [0.15, 0.2) is 0 Å². The number of rotatable bonds is 6. The van der Waals surface area contributed by atoms with Crippen molar-refractivity contribution in [3.8, 4) is 0 Å². The van der Waals surface area contributed by atoms with E-state index in [1.54, 1.807) is 0 Å². The van der Waals surface area contributed by atoms with Crippen LogP contribution < -0.4 is 16.4 Å². The first-order valence-electron chi connectivity index (χ1n) is 6.60. The van der Waals surface area contributed by atoms with E-state index < -0.39 is 0 Å². The van der Waals surface area contributed by atoms with Gasteiger partial charge in [-0.2, -0.15) is 0 Å². The van der Waals surface area contributed by atoms with Gasteiger partial charge in [-0.3, -0.25) is 4.79 Å². The molecule has 0 bridgehead atoms. The summed E-state index contributed by atoms with van der Waals surface area (Å²) in [5.41, 5.74) is 6.64. The van der Waals surface area contributed by atoms with E-state index in [0.29, 0.717) is 17.1 Å². The molecule has 0 radical (unpaired) electrons. The lowest BCUT2D eigenvalue weighted by molar-refractivity contribution is 0.0958. The average Bonchev–Trinajstić information content (AvgIpc) is 2.76. The Morgan fingerprint density at radius 1 is 1.40 bits per heavy atom. The van der Waals surface area contributed by atoms with Gasteiger partial charge in [0, 0.05) is 21.1 Å². The molecule has 108 valence electrons. The Balaban J connectivity index is 2.05. The van der Waals surface area contributed by atoms with Gasteiger partial charge in [0.25, 0.3) is 5.91 Å². The van der Waals surface area contributed by atoms with E-state index in [1.165, 1.54) is 11.3 Å². The quantitative estimate of drug-likeness (QED) is 0.697. The molecule has 6 heteroatoms. The summed E-state index contributed by atoms with van der Waals surface area (Å²) in [6.45, 7) is 4.58. The smallest absolute Gasteiger partial charge is 0.263 e. The van der Waals surface area contributed by atoms with E-state index in [4.69, 9.17) is 5.73 Å². The Kier molecular flexibility index (Phi) is 5.39. The molecule has 2 aromatic rings. The zero-order chi connectivity index (χ0) is 14.5. The topological polar surface area (TPSA) is 67.1 Å². The molecule has 0 aliphatic heterocycles. The summed E-state index contributed by atoms with van der Waals surface area (Å²) >= 11 is 4.86. The molecule has 0 saturated heterocycles. The molecular weight excluding hydrogens is 338 g/mol. The van der Waals surface area contributed by atoms with Crippen molar-refractivity contribution in [1.82, 2.24) is 10.6 Å². The molecule has 0 aliphatic rings. The molecule has 0 atom stereocenters. The molecular formula is C14H18BrN3OS. The first kappa shape index (κ1) is 15.3. The first-order chi connectivity index (χ1) is 9.63. The second-order valence-electron chi connectivity index (χ2n) is 4.45. The monoisotopic (exact) mass is 355 g/mol. The second kappa shape index (κ2) is 7.06. The third-order valence-corrected chi connectivity index (χ3v) is 4.64. The second-order valence-corrected chi connectivity index (χ2v) is 6.42. The van der Waals surface area contributed by atoms with Crippen LogP contribution in [-0.4, -0.2) is 25.5 Å².